The summed E-state index contributed by atoms with van der Waals surface area (Å²) in [6.45, 7) is 4.69. The second-order valence-electron chi connectivity index (χ2n) is 5.87. The first-order valence-corrected chi connectivity index (χ1v) is 7.81. The quantitative estimate of drug-likeness (QED) is 0.748. The highest BCUT2D eigenvalue weighted by Gasteiger charge is 2.18. The van der Waals surface area contributed by atoms with Crippen LogP contribution in [0.3, 0.4) is 0 Å². The van der Waals surface area contributed by atoms with Gasteiger partial charge >= 0.3 is 5.97 Å². The minimum Gasteiger partial charge on any atom is -0.481 e. The molecule has 0 aliphatic carbocycles. The molecule has 8 nitrogen and oxygen atoms in total. The molecule has 0 saturated carbocycles. The van der Waals surface area contributed by atoms with Crippen LogP contribution >= 0.6 is 0 Å². The van der Waals surface area contributed by atoms with Crippen LogP contribution in [0.4, 0.5) is 0 Å². The predicted octanol–water partition coefficient (Wildman–Crippen LogP) is 2.22. The first kappa shape index (κ1) is 17.7. The SMILES string of the molecule is CC(C)CN(CCC(=O)O)C(=O)CCc1nc(-c2ccco2)no1. The normalized spacial score (nSPS) is 11.0. The van der Waals surface area contributed by atoms with E-state index in [0.29, 0.717) is 30.4 Å². The summed E-state index contributed by atoms with van der Waals surface area (Å²) in [7, 11) is 0. The third kappa shape index (κ3) is 5.22. The fourth-order valence-corrected chi connectivity index (χ4v) is 2.22. The fraction of sp³-hybridized carbons (Fsp3) is 0.500. The Hall–Kier alpha value is -2.64. The van der Waals surface area contributed by atoms with E-state index in [1.54, 1.807) is 17.0 Å². The van der Waals surface area contributed by atoms with Crippen molar-refractivity contribution in [3.8, 4) is 11.6 Å². The average molecular weight is 335 g/mol. The van der Waals surface area contributed by atoms with Gasteiger partial charge in [-0.1, -0.05) is 19.0 Å². The number of aryl methyl sites for hydroxylation is 1. The van der Waals surface area contributed by atoms with E-state index in [4.69, 9.17) is 14.0 Å². The van der Waals surface area contributed by atoms with E-state index in [-0.39, 0.29) is 31.2 Å². The maximum atomic E-state index is 12.3. The fourth-order valence-electron chi connectivity index (χ4n) is 2.22. The molecule has 8 heteroatoms. The molecule has 0 atom stereocenters. The van der Waals surface area contributed by atoms with Crippen molar-refractivity contribution in [1.29, 1.82) is 0 Å². The number of hydrogen-bond donors (Lipinski definition) is 1. The molecule has 0 saturated heterocycles. The highest BCUT2D eigenvalue weighted by Crippen LogP contribution is 2.16. The highest BCUT2D eigenvalue weighted by molar-refractivity contribution is 5.77. The Kier molecular flexibility index (Phi) is 6.11. The first-order chi connectivity index (χ1) is 11.5. The number of carbonyl (C=O) groups excluding carboxylic acids is 1. The average Bonchev–Trinajstić information content (AvgIpc) is 3.18. The maximum Gasteiger partial charge on any atom is 0.305 e. The standard InChI is InChI=1S/C16H21N3O5/c1-11(2)10-19(8-7-15(21)22)14(20)6-5-13-17-16(18-24-13)12-4-3-9-23-12/h3-4,9,11H,5-8,10H2,1-2H3,(H,21,22). The van der Waals surface area contributed by atoms with E-state index in [1.807, 2.05) is 13.8 Å². The summed E-state index contributed by atoms with van der Waals surface area (Å²) in [6, 6.07) is 3.44. The van der Waals surface area contributed by atoms with Gasteiger partial charge in [0.05, 0.1) is 12.7 Å². The largest absolute Gasteiger partial charge is 0.481 e. The van der Waals surface area contributed by atoms with Gasteiger partial charge in [-0.3, -0.25) is 9.59 Å². The summed E-state index contributed by atoms with van der Waals surface area (Å²) in [5.74, 6) is 0.403. The lowest BCUT2D eigenvalue weighted by atomic mass is 10.1. The number of carboxylic acids is 1. The van der Waals surface area contributed by atoms with Crippen LogP contribution in [0.15, 0.2) is 27.3 Å². The number of aliphatic carboxylic acids is 1. The summed E-state index contributed by atoms with van der Waals surface area (Å²) < 4.78 is 10.3. The topological polar surface area (TPSA) is 110 Å². The number of amides is 1. The van der Waals surface area contributed by atoms with Crippen molar-refractivity contribution in [3.05, 3.63) is 24.3 Å². The van der Waals surface area contributed by atoms with Gasteiger partial charge in [0.25, 0.3) is 0 Å². The third-order valence-corrected chi connectivity index (χ3v) is 3.30. The molecule has 0 bridgehead atoms. The van der Waals surface area contributed by atoms with Gasteiger partial charge in [0, 0.05) is 25.9 Å². The molecule has 0 radical (unpaired) electrons. The summed E-state index contributed by atoms with van der Waals surface area (Å²) in [4.78, 5) is 28.8. The molecule has 24 heavy (non-hydrogen) atoms. The van der Waals surface area contributed by atoms with Crippen LogP contribution < -0.4 is 0 Å². The van der Waals surface area contributed by atoms with Crippen LogP contribution in [-0.2, 0) is 16.0 Å². The second-order valence-corrected chi connectivity index (χ2v) is 5.87. The molecule has 0 aromatic carbocycles. The van der Waals surface area contributed by atoms with Gasteiger partial charge in [-0.05, 0) is 18.1 Å². The Labute approximate surface area is 139 Å². The number of carboxylic acid groups (broad SMARTS) is 1. The molecule has 2 rings (SSSR count). The Morgan fingerprint density at radius 3 is 2.75 bits per heavy atom. The van der Waals surface area contributed by atoms with Crippen LogP contribution in [-0.4, -0.2) is 45.1 Å². The van der Waals surface area contributed by atoms with Gasteiger partial charge in [0.1, 0.15) is 0 Å². The molecule has 1 N–H and O–H groups in total. The van der Waals surface area contributed by atoms with Crippen LogP contribution in [0.5, 0.6) is 0 Å². The Bertz CT molecular complexity index is 663. The van der Waals surface area contributed by atoms with Gasteiger partial charge in [0.15, 0.2) is 5.76 Å². The zero-order valence-corrected chi connectivity index (χ0v) is 13.8. The molecule has 0 spiro atoms. The van der Waals surface area contributed by atoms with E-state index >= 15 is 0 Å². The molecule has 1 amide bonds. The van der Waals surface area contributed by atoms with Gasteiger partial charge in [-0.2, -0.15) is 4.98 Å². The van der Waals surface area contributed by atoms with E-state index in [2.05, 4.69) is 10.1 Å². The number of aromatic nitrogens is 2. The first-order valence-electron chi connectivity index (χ1n) is 7.81. The highest BCUT2D eigenvalue weighted by atomic mass is 16.5. The molecule has 0 aliphatic heterocycles. The molecular weight excluding hydrogens is 314 g/mol. The maximum absolute atomic E-state index is 12.3. The zero-order valence-electron chi connectivity index (χ0n) is 13.8. The number of nitrogens with zero attached hydrogens (tertiary/aromatic N) is 3. The van der Waals surface area contributed by atoms with Gasteiger partial charge in [-0.15, -0.1) is 0 Å². The van der Waals surface area contributed by atoms with Gasteiger partial charge in [0.2, 0.25) is 17.6 Å². The van der Waals surface area contributed by atoms with Crippen molar-refractivity contribution in [2.24, 2.45) is 5.92 Å². The van der Waals surface area contributed by atoms with Crippen molar-refractivity contribution >= 4 is 11.9 Å². The lowest BCUT2D eigenvalue weighted by Crippen LogP contribution is -2.36. The summed E-state index contributed by atoms with van der Waals surface area (Å²) in [5.41, 5.74) is 0. The van der Waals surface area contributed by atoms with E-state index in [1.165, 1.54) is 6.26 Å². The number of carbonyl (C=O) groups is 2. The number of hydrogen-bond acceptors (Lipinski definition) is 6. The van der Waals surface area contributed by atoms with Gasteiger partial charge < -0.3 is 18.9 Å². The Morgan fingerprint density at radius 1 is 1.33 bits per heavy atom. The number of furan rings is 1. The smallest absolute Gasteiger partial charge is 0.305 e. The molecular formula is C16H21N3O5. The Balaban J connectivity index is 1.90. The Morgan fingerprint density at radius 2 is 2.12 bits per heavy atom. The lowest BCUT2D eigenvalue weighted by molar-refractivity contribution is -0.138. The third-order valence-electron chi connectivity index (χ3n) is 3.30. The summed E-state index contributed by atoms with van der Waals surface area (Å²) >= 11 is 0. The van der Waals surface area contributed by atoms with Crippen LogP contribution in [0.25, 0.3) is 11.6 Å². The van der Waals surface area contributed by atoms with E-state index in [0.717, 1.165) is 0 Å². The molecule has 2 aromatic rings. The van der Waals surface area contributed by atoms with E-state index < -0.39 is 5.97 Å². The lowest BCUT2D eigenvalue weighted by Gasteiger charge is -2.23. The van der Waals surface area contributed by atoms with Crippen LogP contribution in [0.2, 0.25) is 0 Å². The van der Waals surface area contributed by atoms with Crippen LogP contribution in [0, 0.1) is 5.92 Å². The zero-order chi connectivity index (χ0) is 17.5. The minimum atomic E-state index is -0.920. The molecule has 0 fully saturated rings. The summed E-state index contributed by atoms with van der Waals surface area (Å²) in [5, 5.41) is 12.6. The molecule has 0 aliphatic rings. The molecule has 2 aromatic heterocycles. The molecule has 2 heterocycles. The van der Waals surface area contributed by atoms with Crippen LogP contribution in [0.1, 0.15) is 32.6 Å². The van der Waals surface area contributed by atoms with E-state index in [9.17, 15) is 9.59 Å². The molecule has 130 valence electrons. The second kappa shape index (κ2) is 8.28. The number of rotatable bonds is 9. The van der Waals surface area contributed by atoms with Gasteiger partial charge in [-0.25, -0.2) is 0 Å². The van der Waals surface area contributed by atoms with Crippen molar-refractivity contribution in [2.75, 3.05) is 13.1 Å². The predicted molar refractivity (Wildman–Crippen MR) is 84.0 cm³/mol. The minimum absolute atomic E-state index is 0.0678. The van der Waals surface area contributed by atoms with Crippen molar-refractivity contribution < 1.29 is 23.6 Å². The van der Waals surface area contributed by atoms with Crippen molar-refractivity contribution in [3.63, 3.8) is 0 Å². The van der Waals surface area contributed by atoms with Crippen molar-refractivity contribution in [2.45, 2.75) is 33.1 Å². The monoisotopic (exact) mass is 335 g/mol. The van der Waals surface area contributed by atoms with Crippen molar-refractivity contribution in [1.82, 2.24) is 15.0 Å². The summed E-state index contributed by atoms with van der Waals surface area (Å²) in [6.07, 6.45) is 1.93. The molecule has 0 unspecified atom stereocenters.